The highest BCUT2D eigenvalue weighted by atomic mass is 79.9. The fraction of sp³-hybridized carbons (Fsp3) is 0.0833. The summed E-state index contributed by atoms with van der Waals surface area (Å²) in [6.07, 6.45) is 4.74. The Morgan fingerprint density at radius 3 is 2.94 bits per heavy atom. The second kappa shape index (κ2) is 5.59. The number of carbonyl (C=O) groups is 1. The maximum atomic E-state index is 11.7. The molecule has 2 heterocycles. The predicted molar refractivity (Wildman–Crippen MR) is 71.3 cm³/mol. The summed E-state index contributed by atoms with van der Waals surface area (Å²) in [6.45, 7) is -0.0346. The first-order valence-electron chi connectivity index (χ1n) is 5.21. The number of halogens is 1. The quantitative estimate of drug-likeness (QED) is 0.937. The molecule has 0 bridgehead atoms. The maximum Gasteiger partial charge on any atom is 0.251 e. The summed E-state index contributed by atoms with van der Waals surface area (Å²) in [4.78, 5) is 27.1. The van der Waals surface area contributed by atoms with Gasteiger partial charge in [0.2, 0.25) is 5.91 Å². The molecule has 2 aromatic heterocycles. The van der Waals surface area contributed by atoms with Crippen molar-refractivity contribution in [3.05, 3.63) is 57.7 Å². The average Bonchev–Trinajstić information content (AvgIpc) is 2.35. The third-order valence-electron chi connectivity index (χ3n) is 2.21. The Morgan fingerprint density at radius 1 is 1.39 bits per heavy atom. The van der Waals surface area contributed by atoms with Crippen LogP contribution in [0.3, 0.4) is 0 Å². The van der Waals surface area contributed by atoms with Crippen LogP contribution in [0.1, 0.15) is 0 Å². The van der Waals surface area contributed by atoms with E-state index in [4.69, 9.17) is 0 Å². The molecule has 2 aromatic rings. The van der Waals surface area contributed by atoms with Gasteiger partial charge in [-0.3, -0.25) is 14.6 Å². The van der Waals surface area contributed by atoms with Crippen LogP contribution < -0.4 is 10.9 Å². The van der Waals surface area contributed by atoms with E-state index in [-0.39, 0.29) is 18.0 Å². The lowest BCUT2D eigenvalue weighted by molar-refractivity contribution is -0.116. The normalized spacial score (nSPS) is 10.1. The van der Waals surface area contributed by atoms with E-state index < -0.39 is 0 Å². The van der Waals surface area contributed by atoms with Gasteiger partial charge in [-0.15, -0.1) is 0 Å². The van der Waals surface area contributed by atoms with Gasteiger partial charge in [0.05, 0.1) is 11.9 Å². The molecule has 18 heavy (non-hydrogen) atoms. The number of hydrogen-bond donors (Lipinski definition) is 1. The molecular formula is C12H10BrN3O2. The number of anilines is 1. The SMILES string of the molecule is O=C(Cn1cc(Br)ccc1=O)Nc1cccnc1. The van der Waals surface area contributed by atoms with Gasteiger partial charge in [0.1, 0.15) is 6.54 Å². The van der Waals surface area contributed by atoms with Crippen molar-refractivity contribution in [2.45, 2.75) is 6.54 Å². The van der Waals surface area contributed by atoms with Crippen LogP contribution in [0.4, 0.5) is 5.69 Å². The van der Waals surface area contributed by atoms with Crippen LogP contribution in [0.25, 0.3) is 0 Å². The van der Waals surface area contributed by atoms with Crippen LogP contribution in [0.2, 0.25) is 0 Å². The highest BCUT2D eigenvalue weighted by Gasteiger charge is 2.05. The van der Waals surface area contributed by atoms with E-state index in [0.717, 1.165) is 4.47 Å². The van der Waals surface area contributed by atoms with Crippen molar-refractivity contribution >= 4 is 27.5 Å². The average molecular weight is 308 g/mol. The van der Waals surface area contributed by atoms with E-state index in [1.165, 1.54) is 10.6 Å². The predicted octanol–water partition coefficient (Wildman–Crippen LogP) is 1.64. The number of hydrogen-bond acceptors (Lipinski definition) is 3. The molecule has 0 aliphatic carbocycles. The summed E-state index contributed by atoms with van der Waals surface area (Å²) < 4.78 is 2.08. The summed E-state index contributed by atoms with van der Waals surface area (Å²) in [5.41, 5.74) is 0.380. The molecule has 5 nitrogen and oxygen atoms in total. The number of aromatic nitrogens is 2. The van der Waals surface area contributed by atoms with E-state index in [1.54, 1.807) is 36.8 Å². The maximum absolute atomic E-state index is 11.7. The Balaban J connectivity index is 2.08. The third kappa shape index (κ3) is 3.27. The van der Waals surface area contributed by atoms with Crippen molar-refractivity contribution < 1.29 is 4.79 Å². The van der Waals surface area contributed by atoms with Crippen LogP contribution in [-0.2, 0) is 11.3 Å². The van der Waals surface area contributed by atoms with Gasteiger partial charge in [-0.25, -0.2) is 0 Å². The molecule has 0 aliphatic rings. The summed E-state index contributed by atoms with van der Waals surface area (Å²) >= 11 is 3.25. The number of carbonyl (C=O) groups excluding carboxylic acids is 1. The second-order valence-corrected chi connectivity index (χ2v) is 4.52. The Bertz CT molecular complexity index is 610. The summed E-state index contributed by atoms with van der Waals surface area (Å²) in [7, 11) is 0. The first-order chi connectivity index (χ1) is 8.65. The lowest BCUT2D eigenvalue weighted by Crippen LogP contribution is -2.26. The molecular weight excluding hydrogens is 298 g/mol. The summed E-state index contributed by atoms with van der Waals surface area (Å²) in [6, 6.07) is 6.49. The van der Waals surface area contributed by atoms with E-state index in [1.807, 2.05) is 0 Å². The minimum absolute atomic E-state index is 0.0346. The second-order valence-electron chi connectivity index (χ2n) is 3.60. The Hall–Kier alpha value is -1.95. The minimum Gasteiger partial charge on any atom is -0.323 e. The monoisotopic (exact) mass is 307 g/mol. The molecule has 0 radical (unpaired) electrons. The van der Waals surface area contributed by atoms with Gasteiger partial charge in [-0.2, -0.15) is 0 Å². The van der Waals surface area contributed by atoms with E-state index >= 15 is 0 Å². The lowest BCUT2D eigenvalue weighted by Gasteiger charge is -2.07. The molecule has 0 fully saturated rings. The van der Waals surface area contributed by atoms with Crippen molar-refractivity contribution in [2.75, 3.05) is 5.32 Å². The molecule has 0 aromatic carbocycles. The van der Waals surface area contributed by atoms with Gasteiger partial charge < -0.3 is 9.88 Å². The van der Waals surface area contributed by atoms with Crippen molar-refractivity contribution in [2.24, 2.45) is 0 Å². The first kappa shape index (κ1) is 12.5. The van der Waals surface area contributed by atoms with Crippen LogP contribution in [-0.4, -0.2) is 15.5 Å². The fourth-order valence-electron chi connectivity index (χ4n) is 1.42. The van der Waals surface area contributed by atoms with Crippen molar-refractivity contribution in [3.8, 4) is 0 Å². The Morgan fingerprint density at radius 2 is 2.22 bits per heavy atom. The van der Waals surface area contributed by atoms with Gasteiger partial charge in [0.25, 0.3) is 5.56 Å². The van der Waals surface area contributed by atoms with Gasteiger partial charge in [-0.1, -0.05) is 0 Å². The van der Waals surface area contributed by atoms with Crippen molar-refractivity contribution in [1.82, 2.24) is 9.55 Å². The van der Waals surface area contributed by atoms with E-state index in [0.29, 0.717) is 5.69 Å². The molecule has 0 unspecified atom stereocenters. The summed E-state index contributed by atoms with van der Waals surface area (Å²) in [5, 5.41) is 2.66. The Kier molecular flexibility index (Phi) is 3.88. The van der Waals surface area contributed by atoms with Crippen LogP contribution >= 0.6 is 15.9 Å². The zero-order chi connectivity index (χ0) is 13.0. The van der Waals surface area contributed by atoms with Crippen molar-refractivity contribution in [3.63, 3.8) is 0 Å². The number of amides is 1. The number of pyridine rings is 2. The van der Waals surface area contributed by atoms with Crippen LogP contribution in [0, 0.1) is 0 Å². The smallest absolute Gasteiger partial charge is 0.251 e. The van der Waals surface area contributed by atoms with Gasteiger partial charge >= 0.3 is 0 Å². The molecule has 0 saturated carbocycles. The third-order valence-corrected chi connectivity index (χ3v) is 2.68. The largest absolute Gasteiger partial charge is 0.323 e. The summed E-state index contributed by atoms with van der Waals surface area (Å²) in [5.74, 6) is -0.275. The lowest BCUT2D eigenvalue weighted by atomic mass is 10.4. The first-order valence-corrected chi connectivity index (χ1v) is 6.00. The molecule has 2 rings (SSSR count). The molecule has 1 amide bonds. The van der Waals surface area contributed by atoms with Crippen molar-refractivity contribution in [1.29, 1.82) is 0 Å². The number of nitrogens with zero attached hydrogens (tertiary/aromatic N) is 2. The molecule has 0 saturated heterocycles. The van der Waals surface area contributed by atoms with Gasteiger partial charge in [-0.05, 0) is 34.1 Å². The van der Waals surface area contributed by atoms with Crippen LogP contribution in [0.15, 0.2) is 52.1 Å². The fourth-order valence-corrected chi connectivity index (χ4v) is 1.80. The van der Waals surface area contributed by atoms with E-state index in [2.05, 4.69) is 26.2 Å². The topological polar surface area (TPSA) is 64.0 Å². The highest BCUT2D eigenvalue weighted by molar-refractivity contribution is 9.10. The highest BCUT2D eigenvalue weighted by Crippen LogP contribution is 2.06. The molecule has 6 heteroatoms. The molecule has 1 N–H and O–H groups in total. The Labute approximate surface area is 112 Å². The zero-order valence-electron chi connectivity index (χ0n) is 9.34. The number of rotatable bonds is 3. The minimum atomic E-state index is -0.275. The number of nitrogens with one attached hydrogen (secondary N) is 1. The molecule has 0 atom stereocenters. The van der Waals surface area contributed by atoms with Gasteiger partial charge in [0.15, 0.2) is 0 Å². The van der Waals surface area contributed by atoms with Crippen LogP contribution in [0.5, 0.6) is 0 Å². The zero-order valence-corrected chi connectivity index (χ0v) is 10.9. The standard InChI is InChI=1S/C12H10BrN3O2/c13-9-3-4-12(18)16(7-9)8-11(17)15-10-2-1-5-14-6-10/h1-7H,8H2,(H,15,17). The molecule has 92 valence electrons. The molecule has 0 spiro atoms. The molecule has 0 aliphatic heterocycles. The van der Waals surface area contributed by atoms with Gasteiger partial charge in [0, 0.05) is 22.9 Å². The van der Waals surface area contributed by atoms with E-state index in [9.17, 15) is 9.59 Å².